The number of rotatable bonds is 4. The number of halogens is 3. The van der Waals surface area contributed by atoms with Crippen LogP contribution in [-0.4, -0.2) is 17.3 Å². The second-order valence-corrected chi connectivity index (χ2v) is 3.61. The predicted molar refractivity (Wildman–Crippen MR) is 59.3 cm³/mol. The van der Waals surface area contributed by atoms with Crippen LogP contribution < -0.4 is 4.74 Å². The average Bonchev–Trinajstić information content (AvgIpc) is 2.26. The molecule has 0 radical (unpaired) electrons. The van der Waals surface area contributed by atoms with E-state index in [4.69, 9.17) is 4.74 Å². The zero-order valence-corrected chi connectivity index (χ0v) is 10.1. The fourth-order valence-electron chi connectivity index (χ4n) is 1.50. The summed E-state index contributed by atoms with van der Waals surface area (Å²) in [5, 5.41) is 10.7. The minimum atomic E-state index is -4.80. The van der Waals surface area contributed by atoms with Crippen molar-refractivity contribution in [2.75, 3.05) is 6.61 Å². The van der Waals surface area contributed by atoms with Crippen molar-refractivity contribution in [3.05, 3.63) is 33.4 Å². The van der Waals surface area contributed by atoms with Gasteiger partial charge in [-0.2, -0.15) is 13.2 Å². The molecular weight excluding hydrogens is 267 g/mol. The van der Waals surface area contributed by atoms with Crippen LogP contribution in [0.3, 0.4) is 0 Å². The number of benzene rings is 1. The Kier molecular flexibility index (Phi) is 4.13. The van der Waals surface area contributed by atoms with Crippen LogP contribution in [-0.2, 0) is 6.18 Å². The lowest BCUT2D eigenvalue weighted by Crippen LogP contribution is -2.12. The molecule has 0 saturated heterocycles. The van der Waals surface area contributed by atoms with Gasteiger partial charge in [-0.15, -0.1) is 0 Å². The number of carbonyl (C=O) groups is 1. The molecule has 0 amide bonds. The number of hydrogen-bond acceptors (Lipinski definition) is 4. The minimum Gasteiger partial charge on any atom is -0.493 e. The zero-order valence-electron chi connectivity index (χ0n) is 10.1. The second kappa shape index (κ2) is 5.25. The van der Waals surface area contributed by atoms with Crippen molar-refractivity contribution >= 4 is 11.5 Å². The van der Waals surface area contributed by atoms with Crippen molar-refractivity contribution in [2.45, 2.75) is 20.0 Å². The van der Waals surface area contributed by atoms with Crippen LogP contribution in [0.2, 0.25) is 0 Å². The van der Waals surface area contributed by atoms with Crippen molar-refractivity contribution in [3.63, 3.8) is 0 Å². The summed E-state index contributed by atoms with van der Waals surface area (Å²) >= 11 is 0. The Bertz CT molecular complexity index is 525. The monoisotopic (exact) mass is 277 g/mol. The summed E-state index contributed by atoms with van der Waals surface area (Å²) in [7, 11) is 0. The fourth-order valence-corrected chi connectivity index (χ4v) is 1.50. The molecular formula is C11H10F3NO4. The van der Waals surface area contributed by atoms with Gasteiger partial charge in [-0.1, -0.05) is 0 Å². The third-order valence-corrected chi connectivity index (χ3v) is 2.28. The standard InChI is InChI=1S/C11H10F3NO4/c1-3-19-10-4-7(6(2)16)9(15(17)18)5-8(10)11(12,13)14/h4-5H,3H2,1-2H3. The van der Waals surface area contributed by atoms with Crippen LogP contribution in [0.4, 0.5) is 18.9 Å². The smallest absolute Gasteiger partial charge is 0.420 e. The molecule has 0 N–H and O–H groups in total. The Morgan fingerprint density at radius 3 is 2.37 bits per heavy atom. The van der Waals surface area contributed by atoms with E-state index in [1.807, 2.05) is 0 Å². The van der Waals surface area contributed by atoms with E-state index in [9.17, 15) is 28.1 Å². The first kappa shape index (κ1) is 14.9. The third kappa shape index (κ3) is 3.21. The molecule has 0 aliphatic heterocycles. The molecule has 0 aromatic heterocycles. The highest BCUT2D eigenvalue weighted by Crippen LogP contribution is 2.40. The van der Waals surface area contributed by atoms with Crippen molar-refractivity contribution in [1.82, 2.24) is 0 Å². The third-order valence-electron chi connectivity index (χ3n) is 2.28. The van der Waals surface area contributed by atoms with Gasteiger partial charge in [0.1, 0.15) is 11.3 Å². The number of hydrogen-bond donors (Lipinski definition) is 0. The highest BCUT2D eigenvalue weighted by Gasteiger charge is 2.37. The number of ketones is 1. The summed E-state index contributed by atoms with van der Waals surface area (Å²) in [6.07, 6.45) is -4.80. The molecule has 0 heterocycles. The summed E-state index contributed by atoms with van der Waals surface area (Å²) in [6.45, 7) is 2.44. The van der Waals surface area contributed by atoms with Crippen molar-refractivity contribution < 1.29 is 27.6 Å². The number of nitro benzene ring substituents is 1. The molecule has 1 rings (SSSR count). The normalized spacial score (nSPS) is 11.2. The molecule has 8 heteroatoms. The molecule has 104 valence electrons. The minimum absolute atomic E-state index is 0.0573. The molecule has 0 fully saturated rings. The molecule has 0 unspecified atom stereocenters. The molecule has 1 aromatic carbocycles. The van der Waals surface area contributed by atoms with Gasteiger partial charge in [0.25, 0.3) is 5.69 Å². The highest BCUT2D eigenvalue weighted by molar-refractivity contribution is 5.98. The Morgan fingerprint density at radius 2 is 2.00 bits per heavy atom. The maximum Gasteiger partial charge on any atom is 0.420 e. The fraction of sp³-hybridized carbons (Fsp3) is 0.364. The van der Waals surface area contributed by atoms with E-state index in [0.29, 0.717) is 6.07 Å². The Labute approximate surface area is 106 Å². The topological polar surface area (TPSA) is 69.4 Å². The molecule has 0 saturated carbocycles. The summed E-state index contributed by atoms with van der Waals surface area (Å²) in [6, 6.07) is 1.08. The van der Waals surface area contributed by atoms with Crippen LogP contribution in [0, 0.1) is 10.1 Å². The van der Waals surface area contributed by atoms with E-state index >= 15 is 0 Å². The lowest BCUT2D eigenvalue weighted by atomic mass is 10.0. The molecule has 0 aliphatic carbocycles. The van der Waals surface area contributed by atoms with Gasteiger partial charge in [-0.3, -0.25) is 14.9 Å². The quantitative estimate of drug-likeness (QED) is 0.481. The predicted octanol–water partition coefficient (Wildman–Crippen LogP) is 3.21. The molecule has 1 aromatic rings. The number of alkyl halides is 3. The average molecular weight is 277 g/mol. The first-order chi connectivity index (χ1) is 8.68. The van der Waals surface area contributed by atoms with Gasteiger partial charge in [0.2, 0.25) is 0 Å². The number of nitro groups is 1. The van der Waals surface area contributed by atoms with E-state index in [1.54, 1.807) is 0 Å². The molecule has 0 atom stereocenters. The van der Waals surface area contributed by atoms with Crippen molar-refractivity contribution in [1.29, 1.82) is 0 Å². The summed E-state index contributed by atoms with van der Waals surface area (Å²) < 4.78 is 43.1. The molecule has 19 heavy (non-hydrogen) atoms. The van der Waals surface area contributed by atoms with Gasteiger partial charge in [0, 0.05) is 6.07 Å². The van der Waals surface area contributed by atoms with Crippen LogP contribution in [0.5, 0.6) is 5.75 Å². The first-order valence-electron chi connectivity index (χ1n) is 5.21. The maximum absolute atomic E-state index is 12.8. The number of ether oxygens (including phenoxy) is 1. The number of nitrogens with zero attached hydrogens (tertiary/aromatic N) is 1. The van der Waals surface area contributed by atoms with Crippen LogP contribution in [0.15, 0.2) is 12.1 Å². The van der Waals surface area contributed by atoms with Crippen LogP contribution >= 0.6 is 0 Å². The largest absolute Gasteiger partial charge is 0.493 e. The van der Waals surface area contributed by atoms with Gasteiger partial charge >= 0.3 is 6.18 Å². The van der Waals surface area contributed by atoms with E-state index in [-0.39, 0.29) is 6.61 Å². The van der Waals surface area contributed by atoms with E-state index in [0.717, 1.165) is 13.0 Å². The van der Waals surface area contributed by atoms with E-state index in [2.05, 4.69) is 0 Å². The highest BCUT2D eigenvalue weighted by atomic mass is 19.4. The number of carbonyl (C=O) groups excluding carboxylic acids is 1. The maximum atomic E-state index is 12.8. The zero-order chi connectivity index (χ0) is 14.8. The second-order valence-electron chi connectivity index (χ2n) is 3.61. The SMILES string of the molecule is CCOc1cc(C(C)=O)c([N+](=O)[O-])cc1C(F)(F)F. The summed E-state index contributed by atoms with van der Waals surface area (Å²) in [5.74, 6) is -1.30. The lowest BCUT2D eigenvalue weighted by Gasteiger charge is -2.14. The molecule has 5 nitrogen and oxygen atoms in total. The van der Waals surface area contributed by atoms with Gasteiger partial charge < -0.3 is 4.74 Å². The lowest BCUT2D eigenvalue weighted by molar-refractivity contribution is -0.385. The van der Waals surface area contributed by atoms with E-state index < -0.39 is 39.4 Å². The summed E-state index contributed by atoms with van der Waals surface area (Å²) in [5.41, 5.74) is -2.57. The van der Waals surface area contributed by atoms with Crippen molar-refractivity contribution in [2.24, 2.45) is 0 Å². The van der Waals surface area contributed by atoms with Gasteiger partial charge in [0.05, 0.1) is 17.1 Å². The Hall–Kier alpha value is -2.12. The van der Waals surface area contributed by atoms with E-state index in [1.165, 1.54) is 6.92 Å². The molecule has 0 bridgehead atoms. The van der Waals surface area contributed by atoms with Gasteiger partial charge in [-0.05, 0) is 19.9 Å². The van der Waals surface area contributed by atoms with Crippen molar-refractivity contribution in [3.8, 4) is 5.75 Å². The number of Topliss-reactive ketones (excluding diaryl/α,β-unsaturated/α-hetero) is 1. The Morgan fingerprint density at radius 1 is 1.42 bits per heavy atom. The van der Waals surface area contributed by atoms with Gasteiger partial charge in [-0.25, -0.2) is 0 Å². The Balaban J connectivity index is 3.59. The van der Waals surface area contributed by atoms with Crippen LogP contribution in [0.25, 0.3) is 0 Å². The summed E-state index contributed by atoms with van der Waals surface area (Å²) in [4.78, 5) is 20.9. The molecule has 0 spiro atoms. The van der Waals surface area contributed by atoms with Gasteiger partial charge in [0.15, 0.2) is 5.78 Å². The molecule has 0 aliphatic rings. The first-order valence-corrected chi connectivity index (χ1v) is 5.21. The van der Waals surface area contributed by atoms with Crippen LogP contribution in [0.1, 0.15) is 29.8 Å².